The third-order valence-electron chi connectivity index (χ3n) is 2.32. The maximum Gasteiger partial charge on any atom is 0.162 e. The van der Waals surface area contributed by atoms with E-state index in [0.717, 1.165) is 5.69 Å². The van der Waals surface area contributed by atoms with E-state index in [2.05, 4.69) is 5.32 Å². The van der Waals surface area contributed by atoms with Crippen molar-refractivity contribution in [2.24, 2.45) is 0 Å². The molecule has 1 aromatic rings. The van der Waals surface area contributed by atoms with Crippen LogP contribution < -0.4 is 20.5 Å². The van der Waals surface area contributed by atoms with Crippen molar-refractivity contribution in [3.8, 4) is 11.5 Å². The second-order valence-electron chi connectivity index (χ2n) is 3.42. The van der Waals surface area contributed by atoms with Gasteiger partial charge in [0.15, 0.2) is 11.5 Å². The summed E-state index contributed by atoms with van der Waals surface area (Å²) in [6.45, 7) is 4.02. The smallest absolute Gasteiger partial charge is 0.162 e. The summed E-state index contributed by atoms with van der Waals surface area (Å²) >= 11 is 0. The summed E-state index contributed by atoms with van der Waals surface area (Å²) in [5.74, 6) is 1.28. The Balaban J connectivity index is 2.71. The van der Waals surface area contributed by atoms with Gasteiger partial charge in [0.2, 0.25) is 0 Å². The van der Waals surface area contributed by atoms with Crippen LogP contribution in [0.25, 0.3) is 0 Å². The molecule has 0 radical (unpaired) electrons. The molecule has 0 aliphatic rings. The van der Waals surface area contributed by atoms with E-state index in [-0.39, 0.29) is 0 Å². The van der Waals surface area contributed by atoms with Crippen LogP contribution in [0.1, 0.15) is 6.92 Å². The Labute approximate surface area is 102 Å². The minimum atomic E-state index is 0.624. The van der Waals surface area contributed by atoms with Crippen molar-refractivity contribution in [1.82, 2.24) is 0 Å². The number of nitrogen functional groups attached to an aromatic ring is 1. The molecular weight excluding hydrogens is 220 g/mol. The van der Waals surface area contributed by atoms with E-state index < -0.39 is 0 Å². The number of ether oxygens (including phenoxy) is 3. The van der Waals surface area contributed by atoms with Gasteiger partial charge in [0.05, 0.1) is 32.2 Å². The van der Waals surface area contributed by atoms with Gasteiger partial charge in [0.25, 0.3) is 0 Å². The monoisotopic (exact) mass is 240 g/mol. The van der Waals surface area contributed by atoms with Crippen LogP contribution in [0, 0.1) is 0 Å². The number of hydrogen-bond donors (Lipinski definition) is 2. The molecule has 1 aromatic carbocycles. The predicted octanol–water partition coefficient (Wildman–Crippen LogP) is 1.73. The SMILES string of the molecule is CCOCCNc1cc(OC)c(OC)cc1N. The largest absolute Gasteiger partial charge is 0.493 e. The molecule has 0 aliphatic carbocycles. The first kappa shape index (κ1) is 13.4. The number of hydrogen-bond acceptors (Lipinski definition) is 5. The van der Waals surface area contributed by atoms with Crippen LogP contribution in [0.5, 0.6) is 11.5 Å². The van der Waals surface area contributed by atoms with Crippen LogP contribution in [-0.4, -0.2) is 34.0 Å². The summed E-state index contributed by atoms with van der Waals surface area (Å²) in [4.78, 5) is 0. The number of rotatable bonds is 7. The van der Waals surface area contributed by atoms with Crippen LogP contribution in [-0.2, 0) is 4.74 Å². The highest BCUT2D eigenvalue weighted by molar-refractivity contribution is 5.72. The quantitative estimate of drug-likeness (QED) is 0.561. The molecule has 0 bridgehead atoms. The summed E-state index contributed by atoms with van der Waals surface area (Å²) < 4.78 is 15.6. The Morgan fingerprint density at radius 3 is 2.41 bits per heavy atom. The lowest BCUT2D eigenvalue weighted by Crippen LogP contribution is -2.10. The van der Waals surface area contributed by atoms with Gasteiger partial charge in [-0.3, -0.25) is 0 Å². The molecule has 0 unspecified atom stereocenters. The number of anilines is 2. The van der Waals surface area contributed by atoms with Gasteiger partial charge in [0, 0.05) is 25.3 Å². The summed E-state index contributed by atoms with van der Waals surface area (Å²) in [7, 11) is 3.18. The first-order valence-electron chi connectivity index (χ1n) is 5.56. The number of nitrogens with one attached hydrogen (secondary N) is 1. The molecule has 0 saturated carbocycles. The van der Waals surface area contributed by atoms with Crippen molar-refractivity contribution in [1.29, 1.82) is 0 Å². The minimum Gasteiger partial charge on any atom is -0.493 e. The van der Waals surface area contributed by atoms with Gasteiger partial charge in [-0.05, 0) is 6.92 Å². The lowest BCUT2D eigenvalue weighted by molar-refractivity contribution is 0.158. The van der Waals surface area contributed by atoms with Gasteiger partial charge < -0.3 is 25.3 Å². The average Bonchev–Trinajstić information content (AvgIpc) is 2.35. The summed E-state index contributed by atoms with van der Waals surface area (Å²) in [5, 5.41) is 3.19. The molecule has 0 aromatic heterocycles. The van der Waals surface area contributed by atoms with Crippen molar-refractivity contribution in [2.45, 2.75) is 6.92 Å². The van der Waals surface area contributed by atoms with Gasteiger partial charge in [-0.25, -0.2) is 0 Å². The molecule has 0 atom stereocenters. The van der Waals surface area contributed by atoms with Gasteiger partial charge in [-0.2, -0.15) is 0 Å². The first-order chi connectivity index (χ1) is 8.22. The van der Waals surface area contributed by atoms with E-state index in [1.807, 2.05) is 13.0 Å². The highest BCUT2D eigenvalue weighted by atomic mass is 16.5. The van der Waals surface area contributed by atoms with E-state index in [4.69, 9.17) is 19.9 Å². The second-order valence-corrected chi connectivity index (χ2v) is 3.42. The first-order valence-corrected chi connectivity index (χ1v) is 5.56. The van der Waals surface area contributed by atoms with Crippen LogP contribution in [0.15, 0.2) is 12.1 Å². The molecule has 3 N–H and O–H groups in total. The van der Waals surface area contributed by atoms with Crippen LogP contribution in [0.2, 0.25) is 0 Å². The summed E-state index contributed by atoms with van der Waals surface area (Å²) in [6.07, 6.45) is 0. The fraction of sp³-hybridized carbons (Fsp3) is 0.500. The molecule has 0 fully saturated rings. The van der Waals surface area contributed by atoms with Gasteiger partial charge in [0.1, 0.15) is 0 Å². The van der Waals surface area contributed by atoms with Crippen molar-refractivity contribution < 1.29 is 14.2 Å². The third-order valence-corrected chi connectivity index (χ3v) is 2.32. The Kier molecular flexibility index (Phi) is 5.42. The van der Waals surface area contributed by atoms with Gasteiger partial charge in [-0.1, -0.05) is 0 Å². The molecule has 5 heteroatoms. The van der Waals surface area contributed by atoms with Gasteiger partial charge in [-0.15, -0.1) is 0 Å². The molecule has 17 heavy (non-hydrogen) atoms. The van der Waals surface area contributed by atoms with Crippen LogP contribution in [0.4, 0.5) is 11.4 Å². The minimum absolute atomic E-state index is 0.624. The zero-order valence-electron chi connectivity index (χ0n) is 10.6. The van der Waals surface area contributed by atoms with E-state index in [1.54, 1.807) is 20.3 Å². The second kappa shape index (κ2) is 6.85. The zero-order valence-corrected chi connectivity index (χ0v) is 10.6. The Morgan fingerprint density at radius 1 is 1.18 bits per heavy atom. The standard InChI is InChI=1S/C12H20N2O3/c1-4-17-6-5-14-10-8-12(16-3)11(15-2)7-9(10)13/h7-8,14H,4-6,13H2,1-3H3. The number of nitrogens with two attached hydrogens (primary N) is 1. The zero-order chi connectivity index (χ0) is 12.7. The molecular formula is C12H20N2O3. The molecule has 0 spiro atoms. The van der Waals surface area contributed by atoms with Crippen molar-refractivity contribution in [3.63, 3.8) is 0 Å². The van der Waals surface area contributed by atoms with Crippen molar-refractivity contribution in [3.05, 3.63) is 12.1 Å². The summed E-state index contributed by atoms with van der Waals surface area (Å²) in [5.41, 5.74) is 7.34. The Hall–Kier alpha value is -1.62. The molecule has 0 amide bonds. The maximum absolute atomic E-state index is 5.90. The molecule has 96 valence electrons. The highest BCUT2D eigenvalue weighted by Crippen LogP contribution is 2.34. The van der Waals surface area contributed by atoms with E-state index in [9.17, 15) is 0 Å². The number of methoxy groups -OCH3 is 2. The Bertz CT molecular complexity index is 356. The predicted molar refractivity (Wildman–Crippen MR) is 68.9 cm³/mol. The van der Waals surface area contributed by atoms with Crippen LogP contribution >= 0.6 is 0 Å². The molecule has 0 heterocycles. The summed E-state index contributed by atoms with van der Waals surface area (Å²) in [6, 6.07) is 3.56. The fourth-order valence-corrected chi connectivity index (χ4v) is 1.45. The van der Waals surface area contributed by atoms with Crippen LogP contribution in [0.3, 0.4) is 0 Å². The van der Waals surface area contributed by atoms with E-state index in [0.29, 0.717) is 36.9 Å². The average molecular weight is 240 g/mol. The van der Waals surface area contributed by atoms with E-state index in [1.165, 1.54) is 0 Å². The highest BCUT2D eigenvalue weighted by Gasteiger charge is 2.08. The third kappa shape index (κ3) is 3.71. The lowest BCUT2D eigenvalue weighted by Gasteiger charge is -2.14. The topological polar surface area (TPSA) is 65.7 Å². The normalized spacial score (nSPS) is 10.1. The number of benzene rings is 1. The van der Waals surface area contributed by atoms with Crippen molar-refractivity contribution in [2.75, 3.05) is 45.0 Å². The molecule has 5 nitrogen and oxygen atoms in total. The maximum atomic E-state index is 5.90. The van der Waals surface area contributed by atoms with E-state index >= 15 is 0 Å². The Morgan fingerprint density at radius 2 is 1.82 bits per heavy atom. The molecule has 0 saturated heterocycles. The van der Waals surface area contributed by atoms with Crippen molar-refractivity contribution >= 4 is 11.4 Å². The molecule has 1 rings (SSSR count). The fourth-order valence-electron chi connectivity index (χ4n) is 1.45. The lowest BCUT2D eigenvalue weighted by atomic mass is 10.2. The van der Waals surface area contributed by atoms with Gasteiger partial charge >= 0.3 is 0 Å². The molecule has 0 aliphatic heterocycles.